The highest BCUT2D eigenvalue weighted by molar-refractivity contribution is 5.21. The fraction of sp³-hybridized carbons (Fsp3) is 0.389. The lowest BCUT2D eigenvalue weighted by Gasteiger charge is -2.36. The highest BCUT2D eigenvalue weighted by Crippen LogP contribution is 2.37. The van der Waals surface area contributed by atoms with Crippen molar-refractivity contribution in [3.63, 3.8) is 0 Å². The minimum Gasteiger partial charge on any atom is -0.488 e. The number of aromatic nitrogens is 1. The van der Waals surface area contributed by atoms with Gasteiger partial charge in [0.15, 0.2) is 0 Å². The van der Waals surface area contributed by atoms with Crippen molar-refractivity contribution < 1.29 is 4.74 Å². The second-order valence-electron chi connectivity index (χ2n) is 5.76. The first kappa shape index (κ1) is 14.1. The molecule has 3 atom stereocenters. The standard InChI is InChI=1S/C18H22N2O/c19-12-16-9-8-15(14-5-2-1-3-6-14)11-18(16)21-17-7-4-10-20-13-17/h1-7,10,13,15-16,18H,8-9,11-12,19H2. The first-order chi connectivity index (χ1) is 10.4. The Hall–Kier alpha value is -1.87. The van der Waals surface area contributed by atoms with E-state index in [2.05, 4.69) is 35.3 Å². The van der Waals surface area contributed by atoms with E-state index in [-0.39, 0.29) is 6.10 Å². The molecule has 3 heteroatoms. The zero-order chi connectivity index (χ0) is 14.5. The zero-order valence-electron chi connectivity index (χ0n) is 12.2. The first-order valence-electron chi connectivity index (χ1n) is 7.68. The molecule has 2 aromatic rings. The molecule has 110 valence electrons. The van der Waals surface area contributed by atoms with Crippen molar-refractivity contribution in [2.24, 2.45) is 11.7 Å². The number of benzene rings is 1. The van der Waals surface area contributed by atoms with E-state index in [9.17, 15) is 0 Å². The van der Waals surface area contributed by atoms with Gasteiger partial charge in [0.05, 0.1) is 6.20 Å². The Morgan fingerprint density at radius 3 is 2.67 bits per heavy atom. The SMILES string of the molecule is NCC1CCC(c2ccccc2)CC1Oc1cccnc1. The van der Waals surface area contributed by atoms with Crippen LogP contribution in [-0.4, -0.2) is 17.6 Å². The van der Waals surface area contributed by atoms with Crippen molar-refractivity contribution in [1.29, 1.82) is 0 Å². The zero-order valence-corrected chi connectivity index (χ0v) is 12.2. The lowest BCUT2D eigenvalue weighted by atomic mass is 9.77. The van der Waals surface area contributed by atoms with E-state index in [4.69, 9.17) is 10.5 Å². The van der Waals surface area contributed by atoms with Crippen LogP contribution in [0, 0.1) is 5.92 Å². The van der Waals surface area contributed by atoms with Gasteiger partial charge in [-0.2, -0.15) is 0 Å². The molecule has 0 saturated heterocycles. The van der Waals surface area contributed by atoms with Crippen molar-refractivity contribution in [1.82, 2.24) is 4.98 Å². The predicted octanol–water partition coefficient (Wildman–Crippen LogP) is 3.37. The molecule has 21 heavy (non-hydrogen) atoms. The Labute approximate surface area is 126 Å². The molecule has 1 fully saturated rings. The largest absolute Gasteiger partial charge is 0.488 e. The Morgan fingerprint density at radius 2 is 1.95 bits per heavy atom. The van der Waals surface area contributed by atoms with Crippen molar-refractivity contribution >= 4 is 0 Å². The third kappa shape index (κ3) is 3.42. The van der Waals surface area contributed by atoms with E-state index < -0.39 is 0 Å². The molecule has 0 amide bonds. The van der Waals surface area contributed by atoms with Gasteiger partial charge in [-0.3, -0.25) is 4.98 Å². The summed E-state index contributed by atoms with van der Waals surface area (Å²) in [6, 6.07) is 14.6. The monoisotopic (exact) mass is 282 g/mol. The molecule has 3 rings (SSSR count). The fourth-order valence-electron chi connectivity index (χ4n) is 3.23. The van der Waals surface area contributed by atoms with Gasteiger partial charge in [-0.15, -0.1) is 0 Å². The van der Waals surface area contributed by atoms with Crippen LogP contribution in [0.3, 0.4) is 0 Å². The highest BCUT2D eigenvalue weighted by Gasteiger charge is 2.31. The highest BCUT2D eigenvalue weighted by atomic mass is 16.5. The average Bonchev–Trinajstić information content (AvgIpc) is 2.56. The van der Waals surface area contributed by atoms with Crippen molar-refractivity contribution in [2.45, 2.75) is 31.3 Å². The Kier molecular flexibility index (Phi) is 4.51. The van der Waals surface area contributed by atoms with Crippen molar-refractivity contribution in [2.75, 3.05) is 6.54 Å². The molecule has 1 heterocycles. The molecular formula is C18H22N2O. The van der Waals surface area contributed by atoms with Gasteiger partial charge in [-0.25, -0.2) is 0 Å². The van der Waals surface area contributed by atoms with E-state index in [1.807, 2.05) is 12.1 Å². The summed E-state index contributed by atoms with van der Waals surface area (Å²) < 4.78 is 6.17. The maximum atomic E-state index is 6.17. The number of hydrogen-bond acceptors (Lipinski definition) is 3. The normalized spacial score (nSPS) is 25.5. The summed E-state index contributed by atoms with van der Waals surface area (Å²) in [5.41, 5.74) is 7.35. The first-order valence-corrected chi connectivity index (χ1v) is 7.68. The van der Waals surface area contributed by atoms with E-state index >= 15 is 0 Å². The van der Waals surface area contributed by atoms with Crippen LogP contribution in [-0.2, 0) is 0 Å². The number of rotatable bonds is 4. The summed E-state index contributed by atoms with van der Waals surface area (Å²) in [4.78, 5) is 4.12. The molecule has 0 aliphatic heterocycles. The molecule has 3 unspecified atom stereocenters. The summed E-state index contributed by atoms with van der Waals surface area (Å²) in [6.07, 6.45) is 7.07. The van der Waals surface area contributed by atoms with Gasteiger partial charge >= 0.3 is 0 Å². The fourth-order valence-corrected chi connectivity index (χ4v) is 3.23. The van der Waals surface area contributed by atoms with E-state index in [0.717, 1.165) is 18.6 Å². The van der Waals surface area contributed by atoms with Crippen LogP contribution in [0.4, 0.5) is 0 Å². The minimum absolute atomic E-state index is 0.179. The van der Waals surface area contributed by atoms with Crippen molar-refractivity contribution in [3.8, 4) is 5.75 Å². The molecule has 1 aromatic carbocycles. The van der Waals surface area contributed by atoms with Gasteiger partial charge in [-0.05, 0) is 49.4 Å². The van der Waals surface area contributed by atoms with Gasteiger partial charge in [0.25, 0.3) is 0 Å². The molecule has 1 aliphatic rings. The molecule has 1 aliphatic carbocycles. The lowest BCUT2D eigenvalue weighted by molar-refractivity contribution is 0.0864. The summed E-state index contributed by atoms with van der Waals surface area (Å²) in [6.45, 7) is 0.687. The Morgan fingerprint density at radius 1 is 1.10 bits per heavy atom. The lowest BCUT2D eigenvalue weighted by Crippen LogP contribution is -2.37. The van der Waals surface area contributed by atoms with Gasteiger partial charge in [-0.1, -0.05) is 30.3 Å². The Bertz CT molecular complexity index is 544. The van der Waals surface area contributed by atoms with Gasteiger partial charge in [0.1, 0.15) is 11.9 Å². The number of nitrogens with two attached hydrogens (primary N) is 1. The number of pyridine rings is 1. The van der Waals surface area contributed by atoms with Gasteiger partial charge in [0.2, 0.25) is 0 Å². The molecule has 1 aromatic heterocycles. The Balaban J connectivity index is 1.73. The maximum Gasteiger partial charge on any atom is 0.138 e. The summed E-state index contributed by atoms with van der Waals surface area (Å²) in [5, 5.41) is 0. The summed E-state index contributed by atoms with van der Waals surface area (Å²) in [7, 11) is 0. The van der Waals surface area contributed by atoms with Crippen LogP contribution < -0.4 is 10.5 Å². The van der Waals surface area contributed by atoms with E-state index in [1.54, 1.807) is 12.4 Å². The summed E-state index contributed by atoms with van der Waals surface area (Å²) in [5.74, 6) is 1.84. The molecular weight excluding hydrogens is 260 g/mol. The molecule has 0 spiro atoms. The molecule has 3 nitrogen and oxygen atoms in total. The van der Waals surface area contributed by atoms with Crippen LogP contribution in [0.5, 0.6) is 5.75 Å². The third-order valence-electron chi connectivity index (χ3n) is 4.42. The van der Waals surface area contributed by atoms with E-state index in [1.165, 1.54) is 12.0 Å². The van der Waals surface area contributed by atoms with Crippen LogP contribution >= 0.6 is 0 Å². The predicted molar refractivity (Wildman–Crippen MR) is 84.2 cm³/mol. The van der Waals surface area contributed by atoms with Crippen LogP contribution in [0.15, 0.2) is 54.9 Å². The van der Waals surface area contributed by atoms with E-state index in [0.29, 0.717) is 18.4 Å². The maximum absolute atomic E-state index is 6.17. The van der Waals surface area contributed by atoms with Crippen molar-refractivity contribution in [3.05, 3.63) is 60.4 Å². The van der Waals surface area contributed by atoms with Crippen LogP contribution in [0.2, 0.25) is 0 Å². The third-order valence-corrected chi connectivity index (χ3v) is 4.42. The second kappa shape index (κ2) is 6.72. The van der Waals surface area contributed by atoms with Gasteiger partial charge < -0.3 is 10.5 Å². The average molecular weight is 282 g/mol. The van der Waals surface area contributed by atoms with Crippen LogP contribution in [0.1, 0.15) is 30.7 Å². The number of nitrogens with zero attached hydrogens (tertiary/aromatic N) is 1. The summed E-state index contributed by atoms with van der Waals surface area (Å²) >= 11 is 0. The number of hydrogen-bond donors (Lipinski definition) is 1. The molecule has 0 bridgehead atoms. The quantitative estimate of drug-likeness (QED) is 0.935. The smallest absolute Gasteiger partial charge is 0.138 e. The topological polar surface area (TPSA) is 48.1 Å². The minimum atomic E-state index is 0.179. The molecule has 1 saturated carbocycles. The second-order valence-corrected chi connectivity index (χ2v) is 5.76. The van der Waals surface area contributed by atoms with Gasteiger partial charge in [0, 0.05) is 12.1 Å². The molecule has 0 radical (unpaired) electrons. The molecule has 2 N–H and O–H groups in total. The number of ether oxygens (including phenoxy) is 1. The van der Waals surface area contributed by atoms with Crippen LogP contribution in [0.25, 0.3) is 0 Å².